The first-order valence-electron chi connectivity index (χ1n) is 13.9. The molecular weight excluding hydrogens is 527 g/mol. The molecule has 216 valence electrons. The molecule has 3 nitrogen and oxygen atoms in total. The fraction of sp³-hybridized carbons (Fsp3) is 0.438. The van der Waals surface area contributed by atoms with Gasteiger partial charge in [0.05, 0.1) is 18.8 Å². The van der Waals surface area contributed by atoms with E-state index in [1.807, 2.05) is 0 Å². The van der Waals surface area contributed by atoms with E-state index in [1.54, 1.807) is 6.92 Å². The highest BCUT2D eigenvalue weighted by atomic mass is 19.3. The van der Waals surface area contributed by atoms with Gasteiger partial charge in [-0.15, -0.1) is 0 Å². The zero-order chi connectivity index (χ0) is 28.7. The van der Waals surface area contributed by atoms with Gasteiger partial charge in [-0.2, -0.15) is 13.2 Å². The molecule has 0 aliphatic carbocycles. The van der Waals surface area contributed by atoms with Crippen LogP contribution < -0.4 is 4.74 Å². The van der Waals surface area contributed by atoms with Crippen LogP contribution in [-0.2, 0) is 15.6 Å². The molecule has 1 saturated heterocycles. The number of benzene rings is 3. The summed E-state index contributed by atoms with van der Waals surface area (Å²) in [5.41, 5.74) is 0.264. The van der Waals surface area contributed by atoms with Crippen molar-refractivity contribution in [3.63, 3.8) is 0 Å². The van der Waals surface area contributed by atoms with Crippen molar-refractivity contribution in [2.75, 3.05) is 13.2 Å². The van der Waals surface area contributed by atoms with Crippen LogP contribution in [0.25, 0.3) is 22.3 Å². The minimum atomic E-state index is -3.73. The predicted molar refractivity (Wildman–Crippen MR) is 145 cm³/mol. The lowest BCUT2D eigenvalue weighted by Gasteiger charge is -2.31. The molecular formula is C32H35F5O3. The smallest absolute Gasteiger partial charge is 0.385 e. The molecule has 0 N–H and O–H groups in total. The second-order valence-corrected chi connectivity index (χ2v) is 10.1. The third-order valence-electron chi connectivity index (χ3n) is 7.23. The summed E-state index contributed by atoms with van der Waals surface area (Å²) in [6, 6.07) is 11.9. The lowest BCUT2D eigenvalue weighted by Crippen LogP contribution is -2.33. The van der Waals surface area contributed by atoms with Gasteiger partial charge in [0.15, 0.2) is 17.9 Å². The van der Waals surface area contributed by atoms with Crippen molar-refractivity contribution >= 4 is 0 Å². The van der Waals surface area contributed by atoms with Crippen LogP contribution in [0.4, 0.5) is 22.0 Å². The maximum Gasteiger partial charge on any atom is 0.385 e. The fourth-order valence-electron chi connectivity index (χ4n) is 4.98. The first kappa shape index (κ1) is 30.0. The quantitative estimate of drug-likeness (QED) is 0.162. The summed E-state index contributed by atoms with van der Waals surface area (Å²) in [5, 5.41) is 0. The van der Waals surface area contributed by atoms with Gasteiger partial charge >= 0.3 is 6.11 Å². The van der Waals surface area contributed by atoms with Crippen LogP contribution in [0, 0.1) is 23.4 Å². The Hall–Kier alpha value is -2.97. The molecule has 0 bridgehead atoms. The zero-order valence-electron chi connectivity index (χ0n) is 22.8. The van der Waals surface area contributed by atoms with Gasteiger partial charge in [-0.3, -0.25) is 4.74 Å². The van der Waals surface area contributed by atoms with Crippen molar-refractivity contribution < 1.29 is 36.2 Å². The Morgan fingerprint density at radius 3 is 2.15 bits per heavy atom. The molecule has 2 atom stereocenters. The molecule has 0 spiro atoms. The SMILES string of the molecule is CCCCCCC1CCC(OC(F)(F)c2ccc(-c3ccc(-c4ccc(OCC)c(F)c4F)cc3)c(F)c2)OC1. The first-order chi connectivity index (χ1) is 19.2. The van der Waals surface area contributed by atoms with Gasteiger partial charge in [-0.05, 0) is 67.5 Å². The maximum absolute atomic E-state index is 15.0. The number of halogens is 5. The fourth-order valence-corrected chi connectivity index (χ4v) is 4.98. The van der Waals surface area contributed by atoms with E-state index in [1.165, 1.54) is 48.9 Å². The van der Waals surface area contributed by atoms with E-state index in [4.69, 9.17) is 14.2 Å². The third kappa shape index (κ3) is 7.21. The molecule has 1 fully saturated rings. The van der Waals surface area contributed by atoms with Gasteiger partial charge in [-0.25, -0.2) is 8.78 Å². The average molecular weight is 563 g/mol. The summed E-state index contributed by atoms with van der Waals surface area (Å²) in [4.78, 5) is 0. The molecule has 40 heavy (non-hydrogen) atoms. The van der Waals surface area contributed by atoms with Crippen LogP contribution in [-0.4, -0.2) is 19.5 Å². The first-order valence-corrected chi connectivity index (χ1v) is 13.9. The Morgan fingerprint density at radius 2 is 1.52 bits per heavy atom. The average Bonchev–Trinajstić information content (AvgIpc) is 2.95. The van der Waals surface area contributed by atoms with Gasteiger partial charge in [-0.1, -0.05) is 62.9 Å². The lowest BCUT2D eigenvalue weighted by atomic mass is 9.95. The predicted octanol–water partition coefficient (Wildman–Crippen LogP) is 9.63. The summed E-state index contributed by atoms with van der Waals surface area (Å²) < 4.78 is 89.2. The number of hydrogen-bond acceptors (Lipinski definition) is 3. The summed E-state index contributed by atoms with van der Waals surface area (Å²) >= 11 is 0. The highest BCUT2D eigenvalue weighted by Gasteiger charge is 2.38. The molecule has 4 rings (SSSR count). The molecule has 1 aliphatic rings. The van der Waals surface area contributed by atoms with Crippen LogP contribution in [0.1, 0.15) is 64.4 Å². The largest absolute Gasteiger partial charge is 0.491 e. The molecule has 3 aromatic rings. The Balaban J connectivity index is 1.40. The number of unbranched alkanes of at least 4 members (excludes halogenated alkanes) is 3. The van der Waals surface area contributed by atoms with Crippen molar-refractivity contribution in [1.29, 1.82) is 0 Å². The van der Waals surface area contributed by atoms with Gasteiger partial charge in [0, 0.05) is 11.1 Å². The van der Waals surface area contributed by atoms with Crippen molar-refractivity contribution in [3.8, 4) is 28.0 Å². The van der Waals surface area contributed by atoms with E-state index in [0.717, 1.165) is 44.2 Å². The topological polar surface area (TPSA) is 27.7 Å². The van der Waals surface area contributed by atoms with E-state index in [-0.39, 0.29) is 23.5 Å². The van der Waals surface area contributed by atoms with Crippen LogP contribution >= 0.6 is 0 Å². The molecule has 0 radical (unpaired) electrons. The maximum atomic E-state index is 15.0. The number of alkyl halides is 2. The summed E-state index contributed by atoms with van der Waals surface area (Å²) in [6.07, 6.45) is 1.98. The van der Waals surface area contributed by atoms with Crippen LogP contribution in [0.5, 0.6) is 5.75 Å². The molecule has 1 aliphatic heterocycles. The Bertz CT molecular complexity index is 1250. The summed E-state index contributed by atoms with van der Waals surface area (Å²) in [7, 11) is 0. The minimum Gasteiger partial charge on any atom is -0.491 e. The normalized spacial score (nSPS) is 17.7. The molecule has 3 aromatic carbocycles. The van der Waals surface area contributed by atoms with Crippen molar-refractivity contribution in [3.05, 3.63) is 77.6 Å². The molecule has 1 heterocycles. The van der Waals surface area contributed by atoms with E-state index < -0.39 is 35.4 Å². The van der Waals surface area contributed by atoms with Crippen molar-refractivity contribution in [2.24, 2.45) is 5.92 Å². The molecule has 2 unspecified atom stereocenters. The second-order valence-electron chi connectivity index (χ2n) is 10.1. The van der Waals surface area contributed by atoms with E-state index in [2.05, 4.69) is 6.92 Å². The van der Waals surface area contributed by atoms with E-state index in [0.29, 0.717) is 30.1 Å². The van der Waals surface area contributed by atoms with Gasteiger partial charge in [0.2, 0.25) is 5.82 Å². The van der Waals surface area contributed by atoms with Crippen molar-refractivity contribution in [2.45, 2.75) is 71.2 Å². The minimum absolute atomic E-state index is 0.0212. The zero-order valence-corrected chi connectivity index (χ0v) is 22.8. The third-order valence-corrected chi connectivity index (χ3v) is 7.23. The summed E-state index contributed by atoms with van der Waals surface area (Å²) in [5.74, 6) is -2.84. The van der Waals surface area contributed by atoms with Crippen molar-refractivity contribution in [1.82, 2.24) is 0 Å². The van der Waals surface area contributed by atoms with Gasteiger partial charge < -0.3 is 9.47 Å². The van der Waals surface area contributed by atoms with Gasteiger partial charge in [0.25, 0.3) is 0 Å². The second kappa shape index (κ2) is 13.6. The number of hydrogen-bond donors (Lipinski definition) is 0. The Kier molecular flexibility index (Phi) is 10.2. The van der Waals surface area contributed by atoms with E-state index in [9.17, 15) is 22.0 Å². The van der Waals surface area contributed by atoms with Crippen LogP contribution in [0.3, 0.4) is 0 Å². The number of ether oxygens (including phenoxy) is 3. The molecule has 0 saturated carbocycles. The van der Waals surface area contributed by atoms with Crippen LogP contribution in [0.15, 0.2) is 54.6 Å². The Labute approximate surface area is 232 Å². The molecule has 0 amide bonds. The van der Waals surface area contributed by atoms with E-state index >= 15 is 0 Å². The standard InChI is InChI=1S/C32H35F5O3/c1-3-5-6-7-8-21-9-18-29(39-20-21)40-32(36,37)24-14-15-25(27(33)19-24)22-10-12-23(13-11-22)26-16-17-28(38-4-2)31(35)30(26)34/h10-17,19,21,29H,3-9,18,20H2,1-2H3. The number of rotatable bonds is 12. The monoisotopic (exact) mass is 562 g/mol. The molecule has 8 heteroatoms. The highest BCUT2D eigenvalue weighted by Crippen LogP contribution is 2.37. The van der Waals surface area contributed by atoms with Gasteiger partial charge in [0.1, 0.15) is 5.82 Å². The van der Waals surface area contributed by atoms with Crippen LogP contribution in [0.2, 0.25) is 0 Å². The lowest BCUT2D eigenvalue weighted by molar-refractivity contribution is -0.335. The highest BCUT2D eigenvalue weighted by molar-refractivity contribution is 5.71. The molecule has 0 aromatic heterocycles. The summed E-state index contributed by atoms with van der Waals surface area (Å²) in [6.45, 7) is 4.39. The Morgan fingerprint density at radius 1 is 0.825 bits per heavy atom.